The van der Waals surface area contributed by atoms with E-state index in [1.165, 1.54) is 12.1 Å². The Hall–Kier alpha value is -1.44. The molecule has 0 spiro atoms. The lowest BCUT2D eigenvalue weighted by Crippen LogP contribution is -2.39. The van der Waals surface area contributed by atoms with Gasteiger partial charge in [0.25, 0.3) is 0 Å². The summed E-state index contributed by atoms with van der Waals surface area (Å²) in [6, 6.07) is 5.67. The molecule has 118 valence electrons. The van der Waals surface area contributed by atoms with Crippen LogP contribution in [0.15, 0.2) is 24.3 Å². The first-order valence-electron chi connectivity index (χ1n) is 6.27. The van der Waals surface area contributed by atoms with Crippen LogP contribution >= 0.6 is 12.4 Å². The van der Waals surface area contributed by atoms with Crippen molar-refractivity contribution in [1.29, 1.82) is 0 Å². The molecule has 0 radical (unpaired) electrons. The van der Waals surface area contributed by atoms with E-state index in [1.54, 1.807) is 12.1 Å². The zero-order chi connectivity index (χ0) is 14.5. The molecule has 2 rings (SSSR count). The van der Waals surface area contributed by atoms with Crippen LogP contribution in [0.4, 0.5) is 8.78 Å². The Morgan fingerprint density at radius 2 is 2.10 bits per heavy atom. The van der Waals surface area contributed by atoms with Crippen molar-refractivity contribution in [3.05, 3.63) is 29.8 Å². The standard InChI is InChI=1S/C13H16F2N2O3.ClH/c14-13(15)20-10-3-1-8(2-4-10)6-17-12(19)11-5-9(18)7-16-11;/h1-4,9,11,13,16,18H,5-7H2,(H,17,19);1H. The van der Waals surface area contributed by atoms with Crippen molar-refractivity contribution < 1.29 is 23.4 Å². The molecule has 1 heterocycles. The van der Waals surface area contributed by atoms with Crippen molar-refractivity contribution in [2.75, 3.05) is 6.54 Å². The molecule has 21 heavy (non-hydrogen) atoms. The molecule has 1 aliphatic rings. The number of nitrogens with one attached hydrogen (secondary N) is 2. The molecule has 1 fully saturated rings. The van der Waals surface area contributed by atoms with Crippen molar-refractivity contribution in [3.8, 4) is 5.75 Å². The molecule has 2 atom stereocenters. The van der Waals surface area contributed by atoms with E-state index < -0.39 is 12.7 Å². The quantitative estimate of drug-likeness (QED) is 0.758. The SMILES string of the molecule is Cl.O=C(NCc1ccc(OC(F)F)cc1)C1CC(O)CN1. The molecular formula is C13H17ClF2N2O3. The highest BCUT2D eigenvalue weighted by atomic mass is 35.5. The lowest BCUT2D eigenvalue weighted by Gasteiger charge is -2.11. The van der Waals surface area contributed by atoms with Crippen LogP contribution in [0.5, 0.6) is 5.75 Å². The van der Waals surface area contributed by atoms with E-state index in [0.717, 1.165) is 5.56 Å². The van der Waals surface area contributed by atoms with Crippen LogP contribution in [-0.4, -0.2) is 36.3 Å². The van der Waals surface area contributed by atoms with E-state index in [-0.39, 0.29) is 30.1 Å². The van der Waals surface area contributed by atoms with Crippen molar-refractivity contribution in [3.63, 3.8) is 0 Å². The first kappa shape index (κ1) is 17.6. The summed E-state index contributed by atoms with van der Waals surface area (Å²) in [4.78, 5) is 11.8. The monoisotopic (exact) mass is 322 g/mol. The van der Waals surface area contributed by atoms with E-state index >= 15 is 0 Å². The summed E-state index contributed by atoms with van der Waals surface area (Å²) in [6.07, 6.45) is -0.0935. The first-order valence-corrected chi connectivity index (χ1v) is 6.27. The highest BCUT2D eigenvalue weighted by Crippen LogP contribution is 2.15. The fraction of sp³-hybridized carbons (Fsp3) is 0.462. The Balaban J connectivity index is 0.00000220. The number of aliphatic hydroxyl groups excluding tert-OH is 1. The molecule has 0 aromatic heterocycles. The average molecular weight is 323 g/mol. The van der Waals surface area contributed by atoms with Gasteiger partial charge in [-0.15, -0.1) is 12.4 Å². The summed E-state index contributed by atoms with van der Waals surface area (Å²) in [5.74, 6) is -0.106. The molecule has 1 amide bonds. The van der Waals surface area contributed by atoms with Gasteiger partial charge in [-0.2, -0.15) is 8.78 Å². The number of halogens is 3. The van der Waals surface area contributed by atoms with E-state index in [4.69, 9.17) is 0 Å². The molecular weight excluding hydrogens is 306 g/mol. The number of aliphatic hydroxyl groups is 1. The van der Waals surface area contributed by atoms with Crippen LogP contribution in [-0.2, 0) is 11.3 Å². The molecule has 0 aliphatic carbocycles. The highest BCUT2D eigenvalue weighted by molar-refractivity contribution is 5.85. The molecule has 2 unspecified atom stereocenters. The van der Waals surface area contributed by atoms with Gasteiger partial charge in [0, 0.05) is 13.1 Å². The van der Waals surface area contributed by atoms with Gasteiger partial charge in [-0.05, 0) is 24.1 Å². The molecule has 1 saturated heterocycles. The number of amides is 1. The Morgan fingerprint density at radius 3 is 2.62 bits per heavy atom. The summed E-state index contributed by atoms with van der Waals surface area (Å²) >= 11 is 0. The Morgan fingerprint density at radius 1 is 1.43 bits per heavy atom. The van der Waals surface area contributed by atoms with Gasteiger partial charge in [0.05, 0.1) is 12.1 Å². The van der Waals surface area contributed by atoms with Gasteiger partial charge < -0.3 is 20.5 Å². The molecule has 5 nitrogen and oxygen atoms in total. The molecule has 0 bridgehead atoms. The summed E-state index contributed by atoms with van der Waals surface area (Å²) in [7, 11) is 0. The second-order valence-electron chi connectivity index (χ2n) is 4.59. The Kier molecular flexibility index (Phi) is 6.80. The number of rotatable bonds is 5. The van der Waals surface area contributed by atoms with Crippen LogP contribution in [0.2, 0.25) is 0 Å². The Bertz CT molecular complexity index is 459. The minimum atomic E-state index is -2.85. The number of benzene rings is 1. The van der Waals surface area contributed by atoms with Crippen LogP contribution in [0.25, 0.3) is 0 Å². The molecule has 0 saturated carbocycles. The maximum atomic E-state index is 12.0. The largest absolute Gasteiger partial charge is 0.435 e. The number of hydrogen-bond acceptors (Lipinski definition) is 4. The second kappa shape index (κ2) is 8.11. The molecule has 3 N–H and O–H groups in total. The molecule has 1 aromatic rings. The minimum Gasteiger partial charge on any atom is -0.435 e. The lowest BCUT2D eigenvalue weighted by atomic mass is 10.1. The first-order chi connectivity index (χ1) is 9.54. The van der Waals surface area contributed by atoms with Crippen molar-refractivity contribution >= 4 is 18.3 Å². The number of carbonyl (C=O) groups is 1. The van der Waals surface area contributed by atoms with Crippen molar-refractivity contribution in [2.45, 2.75) is 31.7 Å². The van der Waals surface area contributed by atoms with E-state index in [9.17, 15) is 18.7 Å². The second-order valence-corrected chi connectivity index (χ2v) is 4.59. The summed E-state index contributed by atoms with van der Waals surface area (Å²) in [6.45, 7) is -2.14. The van der Waals surface area contributed by atoms with E-state index in [1.807, 2.05) is 0 Å². The third-order valence-electron chi connectivity index (χ3n) is 3.04. The van der Waals surface area contributed by atoms with Gasteiger partial charge in [0.15, 0.2) is 0 Å². The fourth-order valence-electron chi connectivity index (χ4n) is 2.02. The topological polar surface area (TPSA) is 70.6 Å². The van der Waals surface area contributed by atoms with Gasteiger partial charge in [0.2, 0.25) is 5.91 Å². The third-order valence-corrected chi connectivity index (χ3v) is 3.04. The van der Waals surface area contributed by atoms with Gasteiger partial charge in [-0.3, -0.25) is 4.79 Å². The maximum absolute atomic E-state index is 12.0. The fourth-order valence-corrected chi connectivity index (χ4v) is 2.02. The molecule has 1 aromatic carbocycles. The summed E-state index contributed by atoms with van der Waals surface area (Å²) in [5.41, 5.74) is 0.776. The molecule has 1 aliphatic heterocycles. The van der Waals surface area contributed by atoms with Crippen LogP contribution in [0.3, 0.4) is 0 Å². The summed E-state index contributed by atoms with van der Waals surface area (Å²) in [5, 5.41) is 14.9. The Labute approximate surface area is 127 Å². The average Bonchev–Trinajstić information content (AvgIpc) is 2.84. The normalized spacial score (nSPS) is 21.0. The summed E-state index contributed by atoms with van der Waals surface area (Å²) < 4.78 is 28.2. The van der Waals surface area contributed by atoms with Crippen molar-refractivity contribution in [2.24, 2.45) is 0 Å². The van der Waals surface area contributed by atoms with E-state index in [0.29, 0.717) is 19.5 Å². The van der Waals surface area contributed by atoms with Gasteiger partial charge in [-0.25, -0.2) is 0 Å². The number of ether oxygens (including phenoxy) is 1. The van der Waals surface area contributed by atoms with Crippen LogP contribution in [0, 0.1) is 0 Å². The highest BCUT2D eigenvalue weighted by Gasteiger charge is 2.27. The minimum absolute atomic E-state index is 0. The predicted molar refractivity (Wildman–Crippen MR) is 74.6 cm³/mol. The van der Waals surface area contributed by atoms with Crippen LogP contribution < -0.4 is 15.4 Å². The lowest BCUT2D eigenvalue weighted by molar-refractivity contribution is -0.123. The van der Waals surface area contributed by atoms with E-state index in [2.05, 4.69) is 15.4 Å². The van der Waals surface area contributed by atoms with Gasteiger partial charge in [0.1, 0.15) is 5.75 Å². The van der Waals surface area contributed by atoms with Gasteiger partial charge >= 0.3 is 6.61 Å². The van der Waals surface area contributed by atoms with Crippen LogP contribution in [0.1, 0.15) is 12.0 Å². The zero-order valence-electron chi connectivity index (χ0n) is 11.1. The smallest absolute Gasteiger partial charge is 0.387 e. The number of β-amino-alcohol motifs (C(OH)–C–C–N with tert-alkyl or cyclic N) is 1. The maximum Gasteiger partial charge on any atom is 0.387 e. The van der Waals surface area contributed by atoms with Crippen molar-refractivity contribution in [1.82, 2.24) is 10.6 Å². The number of alkyl halides is 2. The molecule has 8 heteroatoms. The van der Waals surface area contributed by atoms with Gasteiger partial charge in [-0.1, -0.05) is 12.1 Å². The number of carbonyl (C=O) groups excluding carboxylic acids is 1. The zero-order valence-corrected chi connectivity index (χ0v) is 11.9. The predicted octanol–water partition coefficient (Wildman–Crippen LogP) is 1.05. The third kappa shape index (κ3) is 5.45. The number of hydrogen-bond donors (Lipinski definition) is 3.